The maximum absolute atomic E-state index is 12.8. The van der Waals surface area contributed by atoms with E-state index >= 15 is 0 Å². The summed E-state index contributed by atoms with van der Waals surface area (Å²) in [6.45, 7) is 1.81. The molecule has 18 heavy (non-hydrogen) atoms. The van der Waals surface area contributed by atoms with Crippen molar-refractivity contribution >= 4 is 5.78 Å². The molecule has 0 amide bonds. The van der Waals surface area contributed by atoms with Crippen molar-refractivity contribution in [2.75, 3.05) is 0 Å². The first-order valence-electron chi connectivity index (χ1n) is 5.75. The molecule has 1 heterocycles. The Morgan fingerprint density at radius 1 is 1.28 bits per heavy atom. The summed E-state index contributed by atoms with van der Waals surface area (Å²) in [4.78, 5) is 12.0. The molecule has 2 nitrogen and oxygen atoms in total. The number of Topliss-reactive ketones (excluding diaryl/α,β-unsaturated/α-hetero) is 1. The van der Waals surface area contributed by atoms with Gasteiger partial charge in [0.1, 0.15) is 6.10 Å². The average molecular weight is 258 g/mol. The number of rotatable bonds is 2. The average Bonchev–Trinajstić information content (AvgIpc) is 2.74. The van der Waals surface area contributed by atoms with Gasteiger partial charge in [0.25, 0.3) is 0 Å². The number of benzene rings is 1. The van der Waals surface area contributed by atoms with E-state index in [1.807, 2.05) is 6.92 Å². The second-order valence-corrected chi connectivity index (χ2v) is 4.42. The van der Waals surface area contributed by atoms with Crippen molar-refractivity contribution in [2.24, 2.45) is 0 Å². The molecule has 0 spiro atoms. The molecule has 1 aliphatic rings. The highest BCUT2D eigenvalue weighted by Crippen LogP contribution is 2.33. The number of hydrogen-bond donors (Lipinski definition) is 0. The molecular weight excluding hydrogens is 245 g/mol. The zero-order valence-electron chi connectivity index (χ0n) is 9.83. The molecule has 98 valence electrons. The molecule has 0 N–H and O–H groups in total. The molecule has 0 radical (unpaired) electrons. The van der Waals surface area contributed by atoms with Crippen molar-refractivity contribution in [2.45, 2.75) is 38.1 Å². The van der Waals surface area contributed by atoms with Crippen LogP contribution in [0.25, 0.3) is 0 Å². The van der Waals surface area contributed by atoms with Crippen molar-refractivity contribution in [3.63, 3.8) is 0 Å². The number of ether oxygens (including phenoxy) is 1. The standard InChI is InChI=1S/C13H13F3O2/c1-8-6-7-11(18-8)12(17)9-4-2-3-5-10(9)13(14,15)16/h2-5,8,11H,6-7H2,1H3. The molecule has 1 aliphatic heterocycles. The molecule has 0 saturated carbocycles. The topological polar surface area (TPSA) is 26.3 Å². The molecular formula is C13H13F3O2. The molecule has 0 aliphatic carbocycles. The summed E-state index contributed by atoms with van der Waals surface area (Å²) in [5.74, 6) is -0.577. The van der Waals surface area contributed by atoms with Gasteiger partial charge in [-0.05, 0) is 25.8 Å². The number of halogens is 3. The highest BCUT2D eigenvalue weighted by atomic mass is 19.4. The summed E-state index contributed by atoms with van der Waals surface area (Å²) >= 11 is 0. The lowest BCUT2D eigenvalue weighted by molar-refractivity contribution is -0.138. The third-order valence-electron chi connectivity index (χ3n) is 3.02. The molecule has 1 fully saturated rings. The summed E-state index contributed by atoms with van der Waals surface area (Å²) in [6, 6.07) is 4.84. The predicted octanol–water partition coefficient (Wildman–Crippen LogP) is 3.46. The van der Waals surface area contributed by atoms with Crippen LogP contribution in [0, 0.1) is 0 Å². The van der Waals surface area contributed by atoms with E-state index in [4.69, 9.17) is 4.74 Å². The molecule has 1 saturated heterocycles. The second kappa shape index (κ2) is 4.72. The molecule has 0 aromatic heterocycles. The Bertz CT molecular complexity index is 454. The highest BCUT2D eigenvalue weighted by molar-refractivity contribution is 6.01. The van der Waals surface area contributed by atoms with Gasteiger partial charge in [0.15, 0.2) is 5.78 Å². The summed E-state index contributed by atoms with van der Waals surface area (Å²) in [7, 11) is 0. The fourth-order valence-corrected chi connectivity index (χ4v) is 2.11. The van der Waals surface area contributed by atoms with Gasteiger partial charge >= 0.3 is 6.18 Å². The van der Waals surface area contributed by atoms with E-state index < -0.39 is 23.6 Å². The predicted molar refractivity (Wildman–Crippen MR) is 59.3 cm³/mol. The molecule has 1 aromatic carbocycles. The van der Waals surface area contributed by atoms with Crippen LogP contribution in [0.3, 0.4) is 0 Å². The van der Waals surface area contributed by atoms with E-state index in [1.54, 1.807) is 0 Å². The fraction of sp³-hybridized carbons (Fsp3) is 0.462. The minimum absolute atomic E-state index is 0.0722. The molecule has 2 atom stereocenters. The van der Waals surface area contributed by atoms with E-state index in [9.17, 15) is 18.0 Å². The van der Waals surface area contributed by atoms with Crippen LogP contribution in [0.5, 0.6) is 0 Å². The number of alkyl halides is 3. The van der Waals surface area contributed by atoms with E-state index in [2.05, 4.69) is 0 Å². The van der Waals surface area contributed by atoms with Crippen molar-refractivity contribution in [1.29, 1.82) is 0 Å². The van der Waals surface area contributed by atoms with E-state index in [-0.39, 0.29) is 11.7 Å². The van der Waals surface area contributed by atoms with Crippen LogP contribution >= 0.6 is 0 Å². The summed E-state index contributed by atoms with van der Waals surface area (Å²) in [5.41, 5.74) is -1.19. The second-order valence-electron chi connectivity index (χ2n) is 4.42. The van der Waals surface area contributed by atoms with E-state index in [0.29, 0.717) is 12.8 Å². The largest absolute Gasteiger partial charge is 0.417 e. The first kappa shape index (κ1) is 13.1. The number of carbonyl (C=O) groups is 1. The molecule has 0 bridgehead atoms. The Hall–Kier alpha value is -1.36. The monoisotopic (exact) mass is 258 g/mol. The molecule has 1 aromatic rings. The maximum atomic E-state index is 12.8. The normalized spacial score (nSPS) is 24.2. The molecule has 2 rings (SSSR count). The number of hydrogen-bond acceptors (Lipinski definition) is 2. The number of ketones is 1. The Morgan fingerprint density at radius 2 is 1.94 bits per heavy atom. The lowest BCUT2D eigenvalue weighted by atomic mass is 9.98. The van der Waals surface area contributed by atoms with Crippen LogP contribution in [0.1, 0.15) is 35.7 Å². The van der Waals surface area contributed by atoms with Gasteiger partial charge in [0.2, 0.25) is 0 Å². The Labute approximate surface area is 103 Å². The minimum atomic E-state index is -4.52. The van der Waals surface area contributed by atoms with Crippen LogP contribution in [0.4, 0.5) is 13.2 Å². The first-order valence-corrected chi connectivity index (χ1v) is 5.75. The summed E-state index contributed by atoms with van der Waals surface area (Å²) in [6.07, 6.45) is -4.16. The first-order chi connectivity index (χ1) is 8.39. The zero-order valence-corrected chi connectivity index (χ0v) is 9.83. The van der Waals surface area contributed by atoms with Gasteiger partial charge in [-0.2, -0.15) is 13.2 Å². The van der Waals surface area contributed by atoms with Crippen LogP contribution in [0.15, 0.2) is 24.3 Å². The lowest BCUT2D eigenvalue weighted by Gasteiger charge is -2.15. The van der Waals surface area contributed by atoms with Gasteiger partial charge in [0, 0.05) is 5.56 Å². The van der Waals surface area contributed by atoms with E-state index in [1.165, 1.54) is 18.2 Å². The Kier molecular flexibility index (Phi) is 3.43. The third-order valence-corrected chi connectivity index (χ3v) is 3.02. The Morgan fingerprint density at radius 3 is 2.50 bits per heavy atom. The molecule has 5 heteroatoms. The Balaban J connectivity index is 2.31. The third kappa shape index (κ3) is 2.56. The maximum Gasteiger partial charge on any atom is 0.417 e. The van der Waals surface area contributed by atoms with Crippen LogP contribution < -0.4 is 0 Å². The van der Waals surface area contributed by atoms with Gasteiger partial charge in [-0.15, -0.1) is 0 Å². The van der Waals surface area contributed by atoms with Crippen molar-refractivity contribution in [1.82, 2.24) is 0 Å². The summed E-state index contributed by atoms with van der Waals surface area (Å²) < 4.78 is 43.7. The van der Waals surface area contributed by atoms with Gasteiger partial charge in [-0.3, -0.25) is 4.79 Å². The minimum Gasteiger partial charge on any atom is -0.367 e. The summed E-state index contributed by atoms with van der Waals surface area (Å²) in [5, 5.41) is 0. The van der Waals surface area contributed by atoms with Gasteiger partial charge < -0.3 is 4.74 Å². The van der Waals surface area contributed by atoms with Gasteiger partial charge in [-0.25, -0.2) is 0 Å². The van der Waals surface area contributed by atoms with Crippen LogP contribution in [0.2, 0.25) is 0 Å². The lowest BCUT2D eigenvalue weighted by Crippen LogP contribution is -2.24. The molecule has 2 unspecified atom stereocenters. The zero-order chi connectivity index (χ0) is 13.3. The highest BCUT2D eigenvalue weighted by Gasteiger charge is 2.37. The SMILES string of the molecule is CC1CCC(C(=O)c2ccccc2C(F)(F)F)O1. The van der Waals surface area contributed by atoms with Crippen molar-refractivity contribution in [3.05, 3.63) is 35.4 Å². The fourth-order valence-electron chi connectivity index (χ4n) is 2.11. The number of carbonyl (C=O) groups excluding carboxylic acids is 1. The van der Waals surface area contributed by atoms with Crippen LogP contribution in [-0.4, -0.2) is 18.0 Å². The van der Waals surface area contributed by atoms with Gasteiger partial charge in [-0.1, -0.05) is 18.2 Å². The van der Waals surface area contributed by atoms with E-state index in [0.717, 1.165) is 6.07 Å². The van der Waals surface area contributed by atoms with Crippen LogP contribution in [-0.2, 0) is 10.9 Å². The van der Waals surface area contributed by atoms with Crippen molar-refractivity contribution in [3.8, 4) is 0 Å². The smallest absolute Gasteiger partial charge is 0.367 e. The quantitative estimate of drug-likeness (QED) is 0.759. The van der Waals surface area contributed by atoms with Gasteiger partial charge in [0.05, 0.1) is 11.7 Å². The van der Waals surface area contributed by atoms with Crippen molar-refractivity contribution < 1.29 is 22.7 Å².